The highest BCUT2D eigenvalue weighted by molar-refractivity contribution is 6.19. The number of nitrogens with zero attached hydrogens (tertiary/aromatic N) is 2. The number of benzene rings is 3. The topological polar surface area (TPSA) is 41.8 Å². The van der Waals surface area contributed by atoms with E-state index in [4.69, 9.17) is 9.47 Å². The quantitative estimate of drug-likeness (QED) is 0.438. The first kappa shape index (κ1) is 19.1. The third-order valence-electron chi connectivity index (χ3n) is 6.85. The Morgan fingerprint density at radius 1 is 0.906 bits per heavy atom. The van der Waals surface area contributed by atoms with Crippen molar-refractivity contribution in [3.63, 3.8) is 0 Å². The fraction of sp³-hybridized carbons (Fsp3) is 0.259. The van der Waals surface area contributed by atoms with Crippen molar-refractivity contribution in [2.24, 2.45) is 0 Å². The van der Waals surface area contributed by atoms with E-state index in [0.717, 1.165) is 46.1 Å². The van der Waals surface area contributed by atoms with E-state index in [-0.39, 0.29) is 5.78 Å². The maximum absolute atomic E-state index is 14.1. The molecular formula is C27H25N2O3+. The van der Waals surface area contributed by atoms with Gasteiger partial charge in [-0.25, -0.2) is 4.58 Å². The average Bonchev–Trinajstić information content (AvgIpc) is 2.80. The van der Waals surface area contributed by atoms with Crippen LogP contribution in [-0.2, 0) is 0 Å². The number of fused-ring (bicyclic) bond motifs is 6. The Hall–Kier alpha value is -3.60. The lowest BCUT2D eigenvalue weighted by Gasteiger charge is -2.32. The summed E-state index contributed by atoms with van der Waals surface area (Å²) in [4.78, 5) is 16.3. The van der Waals surface area contributed by atoms with Gasteiger partial charge in [0.2, 0.25) is 16.9 Å². The molecule has 2 heterocycles. The summed E-state index contributed by atoms with van der Waals surface area (Å²) in [7, 11) is 4.09. The monoisotopic (exact) mass is 425 g/mol. The van der Waals surface area contributed by atoms with Gasteiger partial charge in [-0.05, 0) is 46.5 Å². The zero-order valence-electron chi connectivity index (χ0n) is 18.6. The molecule has 0 amide bonds. The number of hydrogen-bond acceptors (Lipinski definition) is 4. The molecule has 0 fully saturated rings. The number of rotatable bonds is 1. The van der Waals surface area contributed by atoms with E-state index >= 15 is 0 Å². The Bertz CT molecular complexity index is 1440. The van der Waals surface area contributed by atoms with Crippen LogP contribution in [0, 0.1) is 6.92 Å². The highest BCUT2D eigenvalue weighted by Crippen LogP contribution is 2.43. The molecule has 0 bridgehead atoms. The first-order valence-corrected chi connectivity index (χ1v) is 11.1. The van der Waals surface area contributed by atoms with Crippen molar-refractivity contribution in [2.75, 3.05) is 45.3 Å². The Morgan fingerprint density at radius 3 is 2.56 bits per heavy atom. The molecule has 5 nitrogen and oxygen atoms in total. The predicted molar refractivity (Wildman–Crippen MR) is 125 cm³/mol. The Labute approximate surface area is 186 Å². The van der Waals surface area contributed by atoms with Crippen LogP contribution in [0.1, 0.15) is 32.6 Å². The molecule has 1 aliphatic carbocycles. The first-order chi connectivity index (χ1) is 15.6. The van der Waals surface area contributed by atoms with Gasteiger partial charge >= 0.3 is 0 Å². The van der Waals surface area contributed by atoms with Gasteiger partial charge in [0.05, 0.1) is 23.4 Å². The zero-order chi connectivity index (χ0) is 22.0. The Morgan fingerprint density at radius 2 is 1.72 bits per heavy atom. The van der Waals surface area contributed by atoms with Crippen LogP contribution in [0.25, 0.3) is 5.57 Å². The summed E-state index contributed by atoms with van der Waals surface area (Å²) < 4.78 is 14.4. The van der Waals surface area contributed by atoms with Crippen LogP contribution >= 0.6 is 0 Å². The lowest BCUT2D eigenvalue weighted by atomic mass is 9.80. The van der Waals surface area contributed by atoms with Crippen molar-refractivity contribution in [3.05, 3.63) is 86.9 Å². The summed E-state index contributed by atoms with van der Waals surface area (Å²) in [6.45, 7) is 4.84. The first-order valence-electron chi connectivity index (χ1n) is 11.1. The van der Waals surface area contributed by atoms with E-state index in [2.05, 4.69) is 58.9 Å². The minimum Gasteiger partial charge on any atom is -0.489 e. The summed E-state index contributed by atoms with van der Waals surface area (Å²) in [6.07, 6.45) is 0. The molecule has 0 aromatic heterocycles. The van der Waals surface area contributed by atoms with E-state index in [1.807, 2.05) is 20.2 Å². The van der Waals surface area contributed by atoms with E-state index in [9.17, 15) is 4.79 Å². The van der Waals surface area contributed by atoms with Crippen LogP contribution in [0.5, 0.6) is 11.5 Å². The van der Waals surface area contributed by atoms with Crippen molar-refractivity contribution in [1.29, 1.82) is 0 Å². The van der Waals surface area contributed by atoms with Gasteiger partial charge < -0.3 is 14.4 Å². The van der Waals surface area contributed by atoms with Crippen LogP contribution in [0.2, 0.25) is 0 Å². The third-order valence-corrected chi connectivity index (χ3v) is 6.85. The van der Waals surface area contributed by atoms with E-state index in [1.54, 1.807) is 0 Å². The Kier molecular flexibility index (Phi) is 4.15. The van der Waals surface area contributed by atoms with E-state index in [1.165, 1.54) is 5.56 Å². The maximum Gasteiger partial charge on any atom is 0.243 e. The SMILES string of the molecule is Cc1ccccc1C1=c2ccc3c(c2C(=O)c2c1ccc1c2OCCN1C)OCC[N+]=3C. The number of ether oxygens (including phenoxy) is 2. The number of ketones is 1. The van der Waals surface area contributed by atoms with Crippen LogP contribution in [0.3, 0.4) is 0 Å². The van der Waals surface area contributed by atoms with Gasteiger partial charge in [-0.3, -0.25) is 4.79 Å². The van der Waals surface area contributed by atoms with Gasteiger partial charge in [0.25, 0.3) is 0 Å². The van der Waals surface area contributed by atoms with Crippen LogP contribution in [-0.4, -0.2) is 46.2 Å². The van der Waals surface area contributed by atoms with Crippen molar-refractivity contribution in [2.45, 2.75) is 6.92 Å². The smallest absolute Gasteiger partial charge is 0.243 e. The maximum atomic E-state index is 14.1. The molecule has 0 radical (unpaired) electrons. The van der Waals surface area contributed by atoms with E-state index < -0.39 is 0 Å². The highest BCUT2D eigenvalue weighted by Gasteiger charge is 2.36. The standard InChI is InChI=1S/C27H25N2O3/c1-16-6-4-5-7-17(16)22-18-8-10-20-26(31-14-12-28(20)2)23(18)25(30)24-19(22)9-11-21-27(24)32-15-13-29(21)3/h4-11H,12-15H2,1-3H3/q+1. The van der Waals surface area contributed by atoms with Gasteiger partial charge in [0, 0.05) is 13.1 Å². The largest absolute Gasteiger partial charge is 0.489 e. The predicted octanol–water partition coefficient (Wildman–Crippen LogP) is 2.13. The van der Waals surface area contributed by atoms with Crippen molar-refractivity contribution in [1.82, 2.24) is 4.58 Å². The van der Waals surface area contributed by atoms with Gasteiger partial charge in [0.1, 0.15) is 20.3 Å². The van der Waals surface area contributed by atoms with E-state index in [0.29, 0.717) is 35.8 Å². The van der Waals surface area contributed by atoms with Gasteiger partial charge in [0.15, 0.2) is 12.3 Å². The molecule has 0 saturated carbocycles. The average molecular weight is 426 g/mol. The van der Waals surface area contributed by atoms with Crippen LogP contribution < -0.4 is 29.5 Å². The molecule has 3 aromatic carbocycles. The highest BCUT2D eigenvalue weighted by atomic mass is 16.5. The van der Waals surface area contributed by atoms with Crippen LogP contribution in [0.4, 0.5) is 5.69 Å². The molecule has 3 aliphatic rings. The summed E-state index contributed by atoms with van der Waals surface area (Å²) in [6, 6.07) is 16.7. The molecule has 0 N–H and O–H groups in total. The molecule has 0 spiro atoms. The molecule has 160 valence electrons. The number of likely N-dealkylation sites (N-methyl/N-ethyl adjacent to an activating group) is 2. The van der Waals surface area contributed by atoms with Gasteiger partial charge in [-0.2, -0.15) is 0 Å². The zero-order valence-corrected chi connectivity index (χ0v) is 18.6. The van der Waals surface area contributed by atoms with Crippen molar-refractivity contribution < 1.29 is 14.3 Å². The molecule has 32 heavy (non-hydrogen) atoms. The second kappa shape index (κ2) is 6.95. The van der Waals surface area contributed by atoms with Crippen LogP contribution in [0.15, 0.2) is 48.5 Å². The normalized spacial score (nSPS) is 16.5. The summed E-state index contributed by atoms with van der Waals surface area (Å²) in [5.41, 5.74) is 6.52. The molecule has 0 unspecified atom stereocenters. The minimum absolute atomic E-state index is 0.0216. The summed E-state index contributed by atoms with van der Waals surface area (Å²) >= 11 is 0. The van der Waals surface area contributed by atoms with Gasteiger partial charge in [-0.1, -0.05) is 30.3 Å². The third kappa shape index (κ3) is 2.57. The fourth-order valence-corrected chi connectivity index (χ4v) is 5.13. The summed E-state index contributed by atoms with van der Waals surface area (Å²) in [5, 5.41) is 1.88. The molecule has 2 aliphatic heterocycles. The molecule has 0 atom stereocenters. The number of carbonyl (C=O) groups is 1. The second-order valence-corrected chi connectivity index (χ2v) is 8.73. The number of carbonyl (C=O) groups excluding carboxylic acids is 1. The number of hydrogen-bond donors (Lipinski definition) is 0. The second-order valence-electron chi connectivity index (χ2n) is 8.73. The molecule has 3 aromatic rings. The number of anilines is 1. The van der Waals surface area contributed by atoms with Crippen molar-refractivity contribution in [3.8, 4) is 11.5 Å². The molecule has 6 rings (SSSR count). The minimum atomic E-state index is -0.0216. The summed E-state index contributed by atoms with van der Waals surface area (Å²) in [5.74, 6) is 1.34. The fourth-order valence-electron chi connectivity index (χ4n) is 5.13. The van der Waals surface area contributed by atoms with Gasteiger partial charge in [-0.15, -0.1) is 0 Å². The molecular weight excluding hydrogens is 400 g/mol. The lowest BCUT2D eigenvalue weighted by Crippen LogP contribution is -2.41. The molecule has 5 heteroatoms. The lowest BCUT2D eigenvalue weighted by molar-refractivity contribution is 0.102. The number of aryl methyl sites for hydroxylation is 1. The Balaban J connectivity index is 1.80. The van der Waals surface area contributed by atoms with Crippen molar-refractivity contribution >= 4 is 17.0 Å². The molecule has 0 saturated heterocycles.